The maximum atomic E-state index is 12.5. The SMILES string of the molecule is O=C1CCC(F)(F)CCC1(F)F. The van der Waals surface area contributed by atoms with Crippen molar-refractivity contribution in [2.75, 3.05) is 0 Å². The Morgan fingerprint density at radius 3 is 2.17 bits per heavy atom. The van der Waals surface area contributed by atoms with E-state index in [1.165, 1.54) is 0 Å². The smallest absolute Gasteiger partial charge is 0.293 e. The highest BCUT2D eigenvalue weighted by Gasteiger charge is 2.46. The molecule has 1 aliphatic rings. The standard InChI is InChI=1S/C7H8F4O/c8-6(9)2-1-5(12)7(10,11)4-3-6/h1-4H2. The van der Waals surface area contributed by atoms with Crippen LogP contribution in [-0.4, -0.2) is 17.6 Å². The van der Waals surface area contributed by atoms with E-state index in [9.17, 15) is 22.4 Å². The van der Waals surface area contributed by atoms with Crippen molar-refractivity contribution in [2.24, 2.45) is 0 Å². The van der Waals surface area contributed by atoms with Crippen LogP contribution in [0, 0.1) is 0 Å². The van der Waals surface area contributed by atoms with Crippen molar-refractivity contribution in [1.82, 2.24) is 0 Å². The van der Waals surface area contributed by atoms with Gasteiger partial charge in [-0.05, 0) is 0 Å². The summed E-state index contributed by atoms with van der Waals surface area (Å²) in [6.07, 6.45) is -3.40. The highest BCUT2D eigenvalue weighted by molar-refractivity contribution is 5.85. The largest absolute Gasteiger partial charge is 0.305 e. The molecule has 0 N–H and O–H groups in total. The van der Waals surface area contributed by atoms with E-state index in [0.717, 1.165) is 0 Å². The molecule has 0 atom stereocenters. The second-order valence-corrected chi connectivity index (χ2v) is 2.98. The number of rotatable bonds is 0. The number of carbonyl (C=O) groups excluding carboxylic acids is 1. The summed E-state index contributed by atoms with van der Waals surface area (Å²) < 4.78 is 50.0. The maximum Gasteiger partial charge on any atom is 0.305 e. The first-order valence-electron chi connectivity index (χ1n) is 3.62. The molecule has 0 aromatic rings. The molecule has 5 heteroatoms. The van der Waals surface area contributed by atoms with Crippen LogP contribution < -0.4 is 0 Å². The third kappa shape index (κ3) is 1.95. The van der Waals surface area contributed by atoms with Crippen LogP contribution in [0.3, 0.4) is 0 Å². The first-order valence-corrected chi connectivity index (χ1v) is 3.62. The van der Waals surface area contributed by atoms with Gasteiger partial charge in [0.15, 0.2) is 0 Å². The zero-order valence-corrected chi connectivity index (χ0v) is 6.25. The molecule has 1 aliphatic carbocycles. The van der Waals surface area contributed by atoms with Crippen molar-refractivity contribution in [2.45, 2.75) is 37.5 Å². The average Bonchev–Trinajstić information content (AvgIpc) is 2.03. The molecule has 0 aromatic heterocycles. The Morgan fingerprint density at radius 2 is 1.58 bits per heavy atom. The Labute approximate surface area is 66.7 Å². The molecule has 0 heterocycles. The van der Waals surface area contributed by atoms with Gasteiger partial charge in [-0.15, -0.1) is 0 Å². The van der Waals surface area contributed by atoms with Crippen molar-refractivity contribution < 1.29 is 22.4 Å². The fraction of sp³-hybridized carbons (Fsp3) is 0.857. The Hall–Kier alpha value is -0.610. The van der Waals surface area contributed by atoms with Gasteiger partial charge >= 0.3 is 5.92 Å². The Balaban J connectivity index is 2.73. The van der Waals surface area contributed by atoms with Crippen LogP contribution in [0.1, 0.15) is 25.7 Å². The number of alkyl halides is 4. The summed E-state index contributed by atoms with van der Waals surface area (Å²) in [5.74, 6) is -8.00. The predicted octanol–water partition coefficient (Wildman–Crippen LogP) is 2.40. The second-order valence-electron chi connectivity index (χ2n) is 2.98. The molecule has 1 saturated carbocycles. The van der Waals surface area contributed by atoms with E-state index in [0.29, 0.717) is 0 Å². The van der Waals surface area contributed by atoms with Crippen molar-refractivity contribution in [3.63, 3.8) is 0 Å². The minimum absolute atomic E-state index is 0.722. The normalized spacial score (nSPS) is 28.2. The minimum atomic E-state index is -3.54. The number of halogens is 4. The van der Waals surface area contributed by atoms with Crippen LogP contribution in [0.25, 0.3) is 0 Å². The Bertz CT molecular complexity index is 200. The first-order chi connectivity index (χ1) is 5.33. The molecule has 1 nitrogen and oxygen atoms in total. The third-order valence-corrected chi connectivity index (χ3v) is 1.93. The second kappa shape index (κ2) is 2.71. The van der Waals surface area contributed by atoms with Crippen LogP contribution in [0.4, 0.5) is 17.6 Å². The molecule has 1 fully saturated rings. The number of carbonyl (C=O) groups is 1. The quantitative estimate of drug-likeness (QED) is 0.417. The summed E-state index contributed by atoms with van der Waals surface area (Å²) in [4.78, 5) is 10.5. The van der Waals surface area contributed by atoms with Crippen LogP contribution in [0.2, 0.25) is 0 Å². The molecular formula is C7H8F4O. The van der Waals surface area contributed by atoms with E-state index < -0.39 is 43.3 Å². The summed E-state index contributed by atoms with van der Waals surface area (Å²) in [6.45, 7) is 0. The number of hydrogen-bond donors (Lipinski definition) is 0. The number of hydrogen-bond acceptors (Lipinski definition) is 1. The van der Waals surface area contributed by atoms with Crippen molar-refractivity contribution in [1.29, 1.82) is 0 Å². The van der Waals surface area contributed by atoms with E-state index >= 15 is 0 Å². The predicted molar refractivity (Wildman–Crippen MR) is 33.4 cm³/mol. The molecular weight excluding hydrogens is 176 g/mol. The molecule has 12 heavy (non-hydrogen) atoms. The highest BCUT2D eigenvalue weighted by atomic mass is 19.3. The summed E-state index contributed by atoms with van der Waals surface area (Å²) in [6, 6.07) is 0. The zero-order chi connectivity index (χ0) is 9.41. The van der Waals surface area contributed by atoms with Crippen molar-refractivity contribution in [3.8, 4) is 0 Å². The number of ketones is 1. The monoisotopic (exact) mass is 184 g/mol. The number of Topliss-reactive ketones (excluding diaryl/α,β-unsaturated/α-hetero) is 1. The molecule has 0 aliphatic heterocycles. The lowest BCUT2D eigenvalue weighted by Crippen LogP contribution is -2.26. The minimum Gasteiger partial charge on any atom is -0.293 e. The summed E-state index contributed by atoms with van der Waals surface area (Å²) in [5, 5.41) is 0. The highest BCUT2D eigenvalue weighted by Crippen LogP contribution is 2.37. The first kappa shape index (κ1) is 9.48. The fourth-order valence-corrected chi connectivity index (χ4v) is 1.08. The van der Waals surface area contributed by atoms with Crippen LogP contribution in [0.5, 0.6) is 0 Å². The van der Waals surface area contributed by atoms with Crippen molar-refractivity contribution >= 4 is 5.78 Å². The molecule has 70 valence electrons. The molecule has 0 spiro atoms. The van der Waals surface area contributed by atoms with E-state index in [1.54, 1.807) is 0 Å². The van der Waals surface area contributed by atoms with Gasteiger partial charge in [0.05, 0.1) is 0 Å². The van der Waals surface area contributed by atoms with Crippen LogP contribution >= 0.6 is 0 Å². The molecule has 0 unspecified atom stereocenters. The fourth-order valence-electron chi connectivity index (χ4n) is 1.08. The lowest BCUT2D eigenvalue weighted by atomic mass is 10.1. The molecule has 0 saturated heterocycles. The van der Waals surface area contributed by atoms with E-state index in [-0.39, 0.29) is 0 Å². The van der Waals surface area contributed by atoms with Crippen LogP contribution in [0.15, 0.2) is 0 Å². The van der Waals surface area contributed by atoms with Gasteiger partial charge in [0, 0.05) is 25.7 Å². The van der Waals surface area contributed by atoms with Gasteiger partial charge in [0.1, 0.15) is 0 Å². The van der Waals surface area contributed by atoms with Gasteiger partial charge in [-0.1, -0.05) is 0 Å². The van der Waals surface area contributed by atoms with E-state index in [1.807, 2.05) is 0 Å². The topological polar surface area (TPSA) is 17.1 Å². The molecule has 1 rings (SSSR count). The van der Waals surface area contributed by atoms with E-state index in [4.69, 9.17) is 0 Å². The van der Waals surface area contributed by atoms with Gasteiger partial charge < -0.3 is 0 Å². The van der Waals surface area contributed by atoms with Crippen molar-refractivity contribution in [3.05, 3.63) is 0 Å². The molecule has 0 radical (unpaired) electrons. The van der Waals surface area contributed by atoms with Gasteiger partial charge in [0.25, 0.3) is 0 Å². The summed E-state index contributed by atoms with van der Waals surface area (Å²) in [7, 11) is 0. The Morgan fingerprint density at radius 1 is 1.00 bits per heavy atom. The summed E-state index contributed by atoms with van der Waals surface area (Å²) in [5.41, 5.74) is 0. The van der Waals surface area contributed by atoms with E-state index in [2.05, 4.69) is 0 Å². The van der Waals surface area contributed by atoms with Gasteiger partial charge in [-0.25, -0.2) is 8.78 Å². The molecule has 0 aromatic carbocycles. The lowest BCUT2D eigenvalue weighted by molar-refractivity contribution is -0.143. The molecule has 0 bridgehead atoms. The van der Waals surface area contributed by atoms with Crippen LogP contribution in [-0.2, 0) is 4.79 Å². The third-order valence-electron chi connectivity index (χ3n) is 1.93. The molecule has 0 amide bonds. The summed E-state index contributed by atoms with van der Waals surface area (Å²) >= 11 is 0. The van der Waals surface area contributed by atoms with Gasteiger partial charge in [-0.3, -0.25) is 4.79 Å². The lowest BCUT2D eigenvalue weighted by Gasteiger charge is -2.12. The zero-order valence-electron chi connectivity index (χ0n) is 6.25. The van der Waals surface area contributed by atoms with Gasteiger partial charge in [0.2, 0.25) is 11.7 Å². The average molecular weight is 184 g/mol. The maximum absolute atomic E-state index is 12.5. The Kier molecular flexibility index (Phi) is 2.14. The van der Waals surface area contributed by atoms with Gasteiger partial charge in [-0.2, -0.15) is 8.78 Å².